The van der Waals surface area contributed by atoms with Crippen molar-refractivity contribution in [2.75, 3.05) is 0 Å². The third kappa shape index (κ3) is 5.69. The molecule has 18 heavy (non-hydrogen) atoms. The summed E-state index contributed by atoms with van der Waals surface area (Å²) in [6.07, 6.45) is 0. The largest absolute Gasteiger partial charge is 0.465 e. The number of rotatable bonds is 4. The van der Waals surface area contributed by atoms with Crippen molar-refractivity contribution < 1.29 is 9.15 Å². The zero-order valence-electron chi connectivity index (χ0n) is 12.8. The van der Waals surface area contributed by atoms with Gasteiger partial charge in [-0.2, -0.15) is 0 Å². The molecule has 0 radical (unpaired) electrons. The molecule has 0 atom stereocenters. The molecule has 1 N–H and O–H groups in total. The molecule has 0 aromatic carbocycles. The maximum absolute atomic E-state index is 5.77. The molecular formula is C15H27NO2. The van der Waals surface area contributed by atoms with Gasteiger partial charge in [0, 0.05) is 11.1 Å². The number of hydrogen-bond donors (Lipinski definition) is 1. The lowest BCUT2D eigenvalue weighted by atomic mass is 10.1. The first-order valence-electron chi connectivity index (χ1n) is 6.54. The molecule has 0 aliphatic heterocycles. The van der Waals surface area contributed by atoms with E-state index in [1.807, 2.05) is 6.92 Å². The average Bonchev–Trinajstić information content (AvgIpc) is 2.51. The topological polar surface area (TPSA) is 34.4 Å². The molecule has 1 rings (SSSR count). The molecule has 1 aromatic heterocycles. The Morgan fingerprint density at radius 1 is 1.17 bits per heavy atom. The lowest BCUT2D eigenvalue weighted by Gasteiger charge is -2.19. The Bertz CT molecular complexity index is 380. The highest BCUT2D eigenvalue weighted by atomic mass is 16.5. The van der Waals surface area contributed by atoms with Gasteiger partial charge in [-0.25, -0.2) is 0 Å². The van der Waals surface area contributed by atoms with E-state index < -0.39 is 0 Å². The van der Waals surface area contributed by atoms with Crippen LogP contribution in [-0.2, 0) is 17.9 Å². The quantitative estimate of drug-likeness (QED) is 0.886. The van der Waals surface area contributed by atoms with E-state index in [1.54, 1.807) is 0 Å². The Morgan fingerprint density at radius 2 is 1.78 bits per heavy atom. The molecule has 0 saturated heterocycles. The van der Waals surface area contributed by atoms with Crippen molar-refractivity contribution in [1.82, 2.24) is 5.32 Å². The second-order valence-electron chi connectivity index (χ2n) is 6.80. The standard InChI is InChI=1S/C15H27NO2/c1-11-12(10-17-15(5,6)7)8-13(18-11)9-16-14(2,3)4/h8,16H,9-10H2,1-7H3. The molecule has 3 nitrogen and oxygen atoms in total. The molecule has 0 spiro atoms. The number of hydrogen-bond acceptors (Lipinski definition) is 3. The van der Waals surface area contributed by atoms with Gasteiger partial charge in [-0.3, -0.25) is 0 Å². The first-order chi connectivity index (χ1) is 8.07. The molecule has 104 valence electrons. The Morgan fingerprint density at radius 3 is 2.28 bits per heavy atom. The molecule has 1 aromatic rings. The highest BCUT2D eigenvalue weighted by Gasteiger charge is 2.15. The second-order valence-corrected chi connectivity index (χ2v) is 6.80. The van der Waals surface area contributed by atoms with Crippen molar-refractivity contribution in [3.05, 3.63) is 23.2 Å². The van der Waals surface area contributed by atoms with E-state index in [-0.39, 0.29) is 11.1 Å². The highest BCUT2D eigenvalue weighted by Crippen LogP contribution is 2.19. The lowest BCUT2D eigenvalue weighted by Crippen LogP contribution is -2.34. The van der Waals surface area contributed by atoms with Crippen LogP contribution in [0, 0.1) is 6.92 Å². The predicted octanol–water partition coefficient (Wildman–Crippen LogP) is 3.79. The fraction of sp³-hybridized carbons (Fsp3) is 0.733. The molecular weight excluding hydrogens is 226 g/mol. The van der Waals surface area contributed by atoms with Crippen LogP contribution < -0.4 is 5.32 Å². The molecule has 0 aliphatic carbocycles. The van der Waals surface area contributed by atoms with E-state index in [9.17, 15) is 0 Å². The van der Waals surface area contributed by atoms with Crippen molar-refractivity contribution >= 4 is 0 Å². The summed E-state index contributed by atoms with van der Waals surface area (Å²) >= 11 is 0. The summed E-state index contributed by atoms with van der Waals surface area (Å²) in [6, 6.07) is 2.08. The van der Waals surface area contributed by atoms with Gasteiger partial charge < -0.3 is 14.5 Å². The van der Waals surface area contributed by atoms with Gasteiger partial charge in [-0.05, 0) is 54.5 Å². The molecule has 1 heterocycles. The predicted molar refractivity (Wildman–Crippen MR) is 74.6 cm³/mol. The zero-order chi connectivity index (χ0) is 14.0. The van der Waals surface area contributed by atoms with Crippen molar-refractivity contribution in [3.8, 4) is 0 Å². The number of aryl methyl sites for hydroxylation is 1. The zero-order valence-corrected chi connectivity index (χ0v) is 12.8. The van der Waals surface area contributed by atoms with Crippen LogP contribution in [0.1, 0.15) is 58.6 Å². The van der Waals surface area contributed by atoms with Crippen LogP contribution in [0.25, 0.3) is 0 Å². The van der Waals surface area contributed by atoms with Crippen LogP contribution in [-0.4, -0.2) is 11.1 Å². The van der Waals surface area contributed by atoms with Crippen LogP contribution in [0.2, 0.25) is 0 Å². The van der Waals surface area contributed by atoms with Crippen molar-refractivity contribution in [1.29, 1.82) is 0 Å². The van der Waals surface area contributed by atoms with Crippen LogP contribution in [0.3, 0.4) is 0 Å². The fourth-order valence-corrected chi connectivity index (χ4v) is 1.46. The molecule has 3 heteroatoms. The number of nitrogens with one attached hydrogen (secondary N) is 1. The summed E-state index contributed by atoms with van der Waals surface area (Å²) in [5, 5.41) is 3.42. The van der Waals surface area contributed by atoms with Crippen molar-refractivity contribution in [3.63, 3.8) is 0 Å². The third-order valence-corrected chi connectivity index (χ3v) is 2.53. The minimum atomic E-state index is -0.118. The molecule has 0 amide bonds. The normalized spacial score (nSPS) is 13.1. The van der Waals surface area contributed by atoms with Crippen LogP contribution in [0.5, 0.6) is 0 Å². The van der Waals surface area contributed by atoms with Gasteiger partial charge >= 0.3 is 0 Å². The van der Waals surface area contributed by atoms with Gasteiger partial charge in [0.1, 0.15) is 11.5 Å². The Kier molecular flexibility index (Phi) is 4.62. The van der Waals surface area contributed by atoms with Crippen LogP contribution in [0.15, 0.2) is 10.5 Å². The second kappa shape index (κ2) is 5.45. The smallest absolute Gasteiger partial charge is 0.118 e. The van der Waals surface area contributed by atoms with Gasteiger partial charge in [0.15, 0.2) is 0 Å². The van der Waals surface area contributed by atoms with E-state index in [0.717, 1.165) is 23.6 Å². The van der Waals surface area contributed by atoms with Gasteiger partial charge in [-0.15, -0.1) is 0 Å². The molecule has 0 unspecified atom stereocenters. The average molecular weight is 253 g/mol. The number of ether oxygens (including phenoxy) is 1. The summed E-state index contributed by atoms with van der Waals surface area (Å²) < 4.78 is 11.5. The monoisotopic (exact) mass is 253 g/mol. The maximum Gasteiger partial charge on any atom is 0.118 e. The molecule has 0 aliphatic rings. The summed E-state index contributed by atoms with van der Waals surface area (Å²) in [5.74, 6) is 1.92. The first kappa shape index (κ1) is 15.3. The van der Waals surface area contributed by atoms with Gasteiger partial charge in [0.25, 0.3) is 0 Å². The van der Waals surface area contributed by atoms with Gasteiger partial charge in [0.2, 0.25) is 0 Å². The fourth-order valence-electron chi connectivity index (χ4n) is 1.46. The Balaban J connectivity index is 2.59. The molecule has 0 fully saturated rings. The third-order valence-electron chi connectivity index (χ3n) is 2.53. The molecule has 0 bridgehead atoms. The van der Waals surface area contributed by atoms with E-state index in [2.05, 4.69) is 52.9 Å². The highest BCUT2D eigenvalue weighted by molar-refractivity contribution is 5.20. The lowest BCUT2D eigenvalue weighted by molar-refractivity contribution is -0.0153. The number of furan rings is 1. The minimum absolute atomic E-state index is 0.1000. The van der Waals surface area contributed by atoms with Crippen LogP contribution in [0.4, 0.5) is 0 Å². The van der Waals surface area contributed by atoms with E-state index in [4.69, 9.17) is 9.15 Å². The van der Waals surface area contributed by atoms with E-state index in [0.29, 0.717) is 6.61 Å². The maximum atomic E-state index is 5.77. The molecule has 0 saturated carbocycles. The van der Waals surface area contributed by atoms with Crippen molar-refractivity contribution in [2.24, 2.45) is 0 Å². The van der Waals surface area contributed by atoms with Crippen molar-refractivity contribution in [2.45, 2.75) is 72.8 Å². The van der Waals surface area contributed by atoms with Crippen LogP contribution >= 0.6 is 0 Å². The minimum Gasteiger partial charge on any atom is -0.465 e. The summed E-state index contributed by atoms with van der Waals surface area (Å²) in [7, 11) is 0. The van der Waals surface area contributed by atoms with E-state index >= 15 is 0 Å². The Labute approximate surface area is 111 Å². The summed E-state index contributed by atoms with van der Waals surface area (Å²) in [5.41, 5.74) is 1.12. The van der Waals surface area contributed by atoms with Gasteiger partial charge in [-0.1, -0.05) is 0 Å². The summed E-state index contributed by atoms with van der Waals surface area (Å²) in [6.45, 7) is 16.0. The van der Waals surface area contributed by atoms with E-state index in [1.165, 1.54) is 0 Å². The Hall–Kier alpha value is -0.800. The summed E-state index contributed by atoms with van der Waals surface area (Å²) in [4.78, 5) is 0. The van der Waals surface area contributed by atoms with Gasteiger partial charge in [0.05, 0.1) is 18.8 Å². The first-order valence-corrected chi connectivity index (χ1v) is 6.54. The SMILES string of the molecule is Cc1oc(CNC(C)(C)C)cc1COC(C)(C)C.